The van der Waals surface area contributed by atoms with Gasteiger partial charge in [0.05, 0.1) is 11.4 Å². The monoisotopic (exact) mass is 454 g/mol. The molecule has 0 bridgehead atoms. The van der Waals surface area contributed by atoms with Crippen molar-refractivity contribution in [3.05, 3.63) is 106 Å². The molecule has 0 saturated heterocycles. The van der Waals surface area contributed by atoms with Gasteiger partial charge >= 0.3 is 0 Å². The molecule has 6 heteroatoms. The fourth-order valence-corrected chi connectivity index (χ4v) is 3.33. The van der Waals surface area contributed by atoms with Crippen LogP contribution in [0.15, 0.2) is 83.0 Å². The molecule has 0 fully saturated rings. The number of hydrazone groups is 2. The molecular formula is C28H30N4O2. The van der Waals surface area contributed by atoms with Crippen LogP contribution in [0.3, 0.4) is 0 Å². The van der Waals surface area contributed by atoms with Gasteiger partial charge in [0.15, 0.2) is 0 Å². The molecule has 0 aromatic heterocycles. The van der Waals surface area contributed by atoms with Crippen molar-refractivity contribution in [1.29, 1.82) is 0 Å². The van der Waals surface area contributed by atoms with Gasteiger partial charge in [0.1, 0.15) is 0 Å². The number of hydrogen-bond donors (Lipinski definition) is 2. The van der Waals surface area contributed by atoms with Gasteiger partial charge in [0, 0.05) is 11.1 Å². The zero-order valence-electron chi connectivity index (χ0n) is 20.1. The van der Waals surface area contributed by atoms with Crippen molar-refractivity contribution in [3.63, 3.8) is 0 Å². The molecule has 2 N–H and O–H groups in total. The van der Waals surface area contributed by atoms with E-state index in [9.17, 15) is 9.59 Å². The van der Waals surface area contributed by atoms with E-state index in [2.05, 4.69) is 21.1 Å². The van der Waals surface area contributed by atoms with Crippen LogP contribution in [0.5, 0.6) is 0 Å². The molecule has 0 spiro atoms. The van der Waals surface area contributed by atoms with Crippen LogP contribution >= 0.6 is 0 Å². The van der Waals surface area contributed by atoms with Crippen molar-refractivity contribution in [2.75, 3.05) is 0 Å². The summed E-state index contributed by atoms with van der Waals surface area (Å²) < 4.78 is 0. The Hall–Kier alpha value is -4.06. The standard InChI is InChI=1S/C28H30N4O2/c1-5-25(21-11-7-19(3)8-12-21)29-31-27(33)23-15-17-24(18-16-23)28(34)32-30-26(6-2)22-13-9-20(4)10-14-22/h7-18H,5-6H2,1-4H3,(H,31,33)(H,32,34). The molecule has 174 valence electrons. The second kappa shape index (κ2) is 11.7. The lowest BCUT2D eigenvalue weighted by Crippen LogP contribution is -2.21. The van der Waals surface area contributed by atoms with Gasteiger partial charge in [-0.3, -0.25) is 9.59 Å². The number of carbonyl (C=O) groups excluding carboxylic acids is 2. The third-order valence-electron chi connectivity index (χ3n) is 5.43. The molecule has 0 atom stereocenters. The van der Waals surface area contributed by atoms with Crippen LogP contribution in [0, 0.1) is 13.8 Å². The molecule has 3 aromatic carbocycles. The highest BCUT2D eigenvalue weighted by molar-refractivity contribution is 6.03. The van der Waals surface area contributed by atoms with Gasteiger partial charge in [-0.05, 0) is 62.1 Å². The van der Waals surface area contributed by atoms with Crippen LogP contribution < -0.4 is 10.9 Å². The average molecular weight is 455 g/mol. The molecule has 0 aliphatic heterocycles. The van der Waals surface area contributed by atoms with Crippen LogP contribution in [0.2, 0.25) is 0 Å². The number of nitrogens with one attached hydrogen (secondary N) is 2. The minimum absolute atomic E-state index is 0.337. The van der Waals surface area contributed by atoms with Crippen molar-refractivity contribution < 1.29 is 9.59 Å². The summed E-state index contributed by atoms with van der Waals surface area (Å²) in [5, 5.41) is 8.58. The van der Waals surface area contributed by atoms with Crippen molar-refractivity contribution in [2.45, 2.75) is 40.5 Å². The van der Waals surface area contributed by atoms with Crippen LogP contribution in [0.4, 0.5) is 0 Å². The smallest absolute Gasteiger partial charge is 0.267 e. The van der Waals surface area contributed by atoms with Gasteiger partial charge < -0.3 is 0 Å². The summed E-state index contributed by atoms with van der Waals surface area (Å²) in [6, 6.07) is 22.4. The van der Waals surface area contributed by atoms with E-state index in [0.29, 0.717) is 24.0 Å². The highest BCUT2D eigenvalue weighted by Gasteiger charge is 2.10. The topological polar surface area (TPSA) is 82.9 Å². The molecule has 0 heterocycles. The summed E-state index contributed by atoms with van der Waals surface area (Å²) >= 11 is 0. The highest BCUT2D eigenvalue weighted by Crippen LogP contribution is 2.09. The maximum Gasteiger partial charge on any atom is 0.271 e. The van der Waals surface area contributed by atoms with E-state index in [0.717, 1.165) is 22.6 Å². The third kappa shape index (κ3) is 6.48. The lowest BCUT2D eigenvalue weighted by molar-refractivity contribution is 0.0943. The summed E-state index contributed by atoms with van der Waals surface area (Å²) in [4.78, 5) is 25.1. The predicted octanol–water partition coefficient (Wildman–Crippen LogP) is 5.39. The molecule has 6 nitrogen and oxygen atoms in total. The zero-order valence-corrected chi connectivity index (χ0v) is 20.1. The first kappa shape index (κ1) is 24.6. The first-order valence-corrected chi connectivity index (χ1v) is 11.4. The van der Waals surface area contributed by atoms with E-state index in [1.54, 1.807) is 24.3 Å². The largest absolute Gasteiger partial charge is 0.271 e. The first-order chi connectivity index (χ1) is 16.4. The van der Waals surface area contributed by atoms with Crippen LogP contribution in [-0.2, 0) is 0 Å². The number of aryl methyl sites for hydroxylation is 2. The van der Waals surface area contributed by atoms with Gasteiger partial charge in [-0.25, -0.2) is 10.9 Å². The Morgan fingerprint density at radius 3 is 1.15 bits per heavy atom. The van der Waals surface area contributed by atoms with Crippen molar-refractivity contribution >= 4 is 23.2 Å². The molecular weight excluding hydrogens is 424 g/mol. The Kier molecular flexibility index (Phi) is 8.46. The molecule has 34 heavy (non-hydrogen) atoms. The Labute approximate surface area is 200 Å². The summed E-state index contributed by atoms with van der Waals surface area (Å²) in [7, 11) is 0. The lowest BCUT2D eigenvalue weighted by atomic mass is 10.1. The second-order valence-electron chi connectivity index (χ2n) is 8.02. The van der Waals surface area contributed by atoms with Crippen LogP contribution in [0.1, 0.15) is 69.7 Å². The van der Waals surface area contributed by atoms with E-state index in [1.807, 2.05) is 76.2 Å². The van der Waals surface area contributed by atoms with E-state index in [4.69, 9.17) is 0 Å². The minimum atomic E-state index is -0.337. The molecule has 0 aliphatic carbocycles. The molecule has 0 unspecified atom stereocenters. The minimum Gasteiger partial charge on any atom is -0.267 e. The lowest BCUT2D eigenvalue weighted by Gasteiger charge is -2.07. The van der Waals surface area contributed by atoms with Gasteiger partial charge in [0.25, 0.3) is 11.8 Å². The van der Waals surface area contributed by atoms with Crippen LogP contribution in [-0.4, -0.2) is 23.2 Å². The number of rotatable bonds is 8. The highest BCUT2D eigenvalue weighted by atomic mass is 16.2. The van der Waals surface area contributed by atoms with E-state index < -0.39 is 0 Å². The van der Waals surface area contributed by atoms with Crippen molar-refractivity contribution in [1.82, 2.24) is 10.9 Å². The molecule has 3 aromatic rings. The molecule has 0 saturated carbocycles. The van der Waals surface area contributed by atoms with E-state index in [1.165, 1.54) is 11.1 Å². The third-order valence-corrected chi connectivity index (χ3v) is 5.43. The Morgan fingerprint density at radius 1 is 0.559 bits per heavy atom. The fourth-order valence-electron chi connectivity index (χ4n) is 3.33. The number of hydrogen-bond acceptors (Lipinski definition) is 4. The molecule has 3 rings (SSSR count). The van der Waals surface area contributed by atoms with Gasteiger partial charge in [-0.1, -0.05) is 73.5 Å². The average Bonchev–Trinajstić information content (AvgIpc) is 2.86. The normalized spacial score (nSPS) is 11.8. The molecule has 0 aliphatic rings. The molecule has 0 radical (unpaired) electrons. The predicted molar refractivity (Wildman–Crippen MR) is 137 cm³/mol. The fraction of sp³-hybridized carbons (Fsp3) is 0.214. The van der Waals surface area contributed by atoms with Gasteiger partial charge in [-0.2, -0.15) is 10.2 Å². The summed E-state index contributed by atoms with van der Waals surface area (Å²) in [6.45, 7) is 8.03. The summed E-state index contributed by atoms with van der Waals surface area (Å²) in [6.07, 6.45) is 1.37. The number of benzene rings is 3. The van der Waals surface area contributed by atoms with Crippen LogP contribution in [0.25, 0.3) is 0 Å². The van der Waals surface area contributed by atoms with Gasteiger partial charge in [-0.15, -0.1) is 0 Å². The van der Waals surface area contributed by atoms with E-state index in [-0.39, 0.29) is 11.8 Å². The zero-order chi connectivity index (χ0) is 24.5. The van der Waals surface area contributed by atoms with Crippen molar-refractivity contribution in [3.8, 4) is 0 Å². The Morgan fingerprint density at radius 2 is 0.853 bits per heavy atom. The second-order valence-corrected chi connectivity index (χ2v) is 8.02. The number of amides is 2. The first-order valence-electron chi connectivity index (χ1n) is 11.4. The summed E-state index contributed by atoms with van der Waals surface area (Å²) in [5.74, 6) is -0.675. The quantitative estimate of drug-likeness (QED) is 0.353. The number of nitrogens with zero attached hydrogens (tertiary/aromatic N) is 2. The maximum atomic E-state index is 12.5. The number of carbonyl (C=O) groups is 2. The SMILES string of the molecule is CCC(=NNC(=O)c1ccc(C(=O)NN=C(CC)c2ccc(C)cc2)cc1)c1ccc(C)cc1. The summed E-state index contributed by atoms with van der Waals surface area (Å²) in [5.41, 5.74) is 11.9. The Bertz CT molecular complexity index is 1100. The van der Waals surface area contributed by atoms with Gasteiger partial charge in [0.2, 0.25) is 0 Å². The van der Waals surface area contributed by atoms with Crippen molar-refractivity contribution in [2.24, 2.45) is 10.2 Å². The molecule has 2 amide bonds. The Balaban J connectivity index is 1.64. The maximum absolute atomic E-state index is 12.5. The van der Waals surface area contributed by atoms with E-state index >= 15 is 0 Å².